The van der Waals surface area contributed by atoms with Crippen molar-refractivity contribution in [3.63, 3.8) is 0 Å². The Kier molecular flexibility index (Phi) is 6.97. The molecule has 24 heavy (non-hydrogen) atoms. The summed E-state index contributed by atoms with van der Waals surface area (Å²) < 4.78 is 19.3. The molecule has 1 aliphatic heterocycles. The van der Waals surface area contributed by atoms with Crippen LogP contribution < -0.4 is 10.1 Å². The molecule has 2 aromatic rings. The quantitative estimate of drug-likeness (QED) is 0.897. The second-order valence-corrected chi connectivity index (χ2v) is 5.67. The van der Waals surface area contributed by atoms with E-state index in [2.05, 4.69) is 21.3 Å². The lowest BCUT2D eigenvalue weighted by atomic mass is 10.0. The molecule has 1 fully saturated rings. The van der Waals surface area contributed by atoms with Gasteiger partial charge in [0.15, 0.2) is 11.6 Å². The molecule has 0 aliphatic carbocycles. The van der Waals surface area contributed by atoms with Crippen LogP contribution in [0.2, 0.25) is 0 Å². The van der Waals surface area contributed by atoms with Crippen molar-refractivity contribution in [2.45, 2.75) is 19.5 Å². The molecule has 1 aromatic heterocycles. The molecule has 1 saturated heterocycles. The van der Waals surface area contributed by atoms with E-state index in [4.69, 9.17) is 4.74 Å². The number of benzene rings is 1. The monoisotopic (exact) mass is 351 g/mol. The second kappa shape index (κ2) is 8.97. The van der Waals surface area contributed by atoms with Crippen LogP contribution in [-0.2, 0) is 6.54 Å². The van der Waals surface area contributed by atoms with E-state index < -0.39 is 0 Å². The van der Waals surface area contributed by atoms with Gasteiger partial charge in [0.1, 0.15) is 0 Å². The molecule has 1 unspecified atom stereocenters. The van der Waals surface area contributed by atoms with Gasteiger partial charge in [-0.05, 0) is 36.2 Å². The summed E-state index contributed by atoms with van der Waals surface area (Å²) in [6.07, 6.45) is 3.69. The first kappa shape index (κ1) is 18.6. The summed E-state index contributed by atoms with van der Waals surface area (Å²) >= 11 is 0. The number of hydrogen-bond acceptors (Lipinski definition) is 4. The topological polar surface area (TPSA) is 37.4 Å². The molecule has 0 radical (unpaired) electrons. The lowest BCUT2D eigenvalue weighted by Gasteiger charge is -2.36. The minimum Gasteiger partial charge on any atom is -0.491 e. The van der Waals surface area contributed by atoms with Crippen LogP contribution >= 0.6 is 12.4 Å². The number of aromatic nitrogens is 1. The van der Waals surface area contributed by atoms with Gasteiger partial charge in [0.25, 0.3) is 0 Å². The highest BCUT2D eigenvalue weighted by molar-refractivity contribution is 5.85. The summed E-state index contributed by atoms with van der Waals surface area (Å²) in [4.78, 5) is 6.58. The first-order valence-electron chi connectivity index (χ1n) is 8.04. The summed E-state index contributed by atoms with van der Waals surface area (Å²) in [5.41, 5.74) is 2.15. The molecule has 1 atom stereocenters. The maximum Gasteiger partial charge on any atom is 0.165 e. The van der Waals surface area contributed by atoms with Gasteiger partial charge < -0.3 is 10.1 Å². The van der Waals surface area contributed by atoms with Crippen molar-refractivity contribution in [3.8, 4) is 5.75 Å². The molecule has 0 amide bonds. The first-order valence-corrected chi connectivity index (χ1v) is 8.04. The van der Waals surface area contributed by atoms with Crippen LogP contribution in [0.3, 0.4) is 0 Å². The molecular weight excluding hydrogens is 329 g/mol. The molecule has 0 spiro atoms. The average molecular weight is 352 g/mol. The van der Waals surface area contributed by atoms with E-state index >= 15 is 0 Å². The van der Waals surface area contributed by atoms with Crippen LogP contribution in [-0.4, -0.2) is 36.1 Å². The zero-order chi connectivity index (χ0) is 16.1. The fourth-order valence-corrected chi connectivity index (χ4v) is 2.99. The van der Waals surface area contributed by atoms with Crippen LogP contribution in [0.1, 0.15) is 24.1 Å². The average Bonchev–Trinajstić information content (AvgIpc) is 2.59. The fraction of sp³-hybridized carbons (Fsp3) is 0.389. The van der Waals surface area contributed by atoms with Crippen molar-refractivity contribution >= 4 is 12.4 Å². The molecule has 130 valence electrons. The van der Waals surface area contributed by atoms with E-state index in [-0.39, 0.29) is 24.3 Å². The highest BCUT2D eigenvalue weighted by Gasteiger charge is 2.24. The van der Waals surface area contributed by atoms with Crippen LogP contribution in [0.4, 0.5) is 4.39 Å². The van der Waals surface area contributed by atoms with Gasteiger partial charge in [-0.25, -0.2) is 4.39 Å². The third kappa shape index (κ3) is 4.44. The van der Waals surface area contributed by atoms with Gasteiger partial charge >= 0.3 is 0 Å². The molecular formula is C18H23ClFN3O. The van der Waals surface area contributed by atoms with Crippen molar-refractivity contribution in [1.82, 2.24) is 15.2 Å². The molecule has 0 saturated carbocycles. The second-order valence-electron chi connectivity index (χ2n) is 5.67. The summed E-state index contributed by atoms with van der Waals surface area (Å²) in [5.74, 6) is 0.0257. The van der Waals surface area contributed by atoms with E-state index in [1.165, 1.54) is 5.56 Å². The number of piperazine rings is 1. The predicted molar refractivity (Wildman–Crippen MR) is 95.1 cm³/mol. The normalized spacial score (nSPS) is 18.0. The number of pyridine rings is 1. The third-order valence-corrected chi connectivity index (χ3v) is 4.11. The maximum absolute atomic E-state index is 14.0. The molecule has 1 aromatic carbocycles. The highest BCUT2D eigenvalue weighted by atomic mass is 35.5. The Hall–Kier alpha value is -1.69. The smallest absolute Gasteiger partial charge is 0.165 e. The van der Waals surface area contributed by atoms with Crippen LogP contribution in [0, 0.1) is 5.82 Å². The van der Waals surface area contributed by atoms with Crippen molar-refractivity contribution in [1.29, 1.82) is 0 Å². The maximum atomic E-state index is 14.0. The van der Waals surface area contributed by atoms with E-state index in [0.29, 0.717) is 18.9 Å². The van der Waals surface area contributed by atoms with Gasteiger partial charge in [-0.2, -0.15) is 0 Å². The summed E-state index contributed by atoms with van der Waals surface area (Å²) in [5, 5.41) is 3.42. The minimum absolute atomic E-state index is 0. The Balaban J connectivity index is 0.00000208. The number of nitrogens with one attached hydrogen (secondary N) is 1. The Bertz CT molecular complexity index is 641. The van der Waals surface area contributed by atoms with E-state index in [9.17, 15) is 4.39 Å². The SMILES string of the molecule is CCOc1ccc(CN2CCNCC2c2cccnc2)cc1F.Cl. The predicted octanol–water partition coefficient (Wildman–Crippen LogP) is 3.19. The summed E-state index contributed by atoms with van der Waals surface area (Å²) in [7, 11) is 0. The molecule has 1 N–H and O–H groups in total. The molecule has 2 heterocycles. The molecule has 6 heteroatoms. The van der Waals surface area contributed by atoms with Crippen molar-refractivity contribution in [2.75, 3.05) is 26.2 Å². The fourth-order valence-electron chi connectivity index (χ4n) is 2.99. The standard InChI is InChI=1S/C18H22FN3O.ClH/c1-2-23-18-6-5-14(10-16(18)19)13-22-9-8-21-12-17(22)15-4-3-7-20-11-15;/h3-7,10-11,17,21H,2,8-9,12-13H2,1H3;1H. The van der Waals surface area contributed by atoms with Crippen LogP contribution in [0.15, 0.2) is 42.7 Å². The number of halogens is 2. The number of hydrogen-bond donors (Lipinski definition) is 1. The largest absolute Gasteiger partial charge is 0.491 e. The minimum atomic E-state index is -0.294. The Morgan fingerprint density at radius 1 is 1.38 bits per heavy atom. The third-order valence-electron chi connectivity index (χ3n) is 4.11. The highest BCUT2D eigenvalue weighted by Crippen LogP contribution is 2.25. The lowest BCUT2D eigenvalue weighted by Crippen LogP contribution is -2.45. The van der Waals surface area contributed by atoms with Crippen LogP contribution in [0.5, 0.6) is 5.75 Å². The Labute approximate surface area is 148 Å². The summed E-state index contributed by atoms with van der Waals surface area (Å²) in [6, 6.07) is 9.54. The number of nitrogens with zero attached hydrogens (tertiary/aromatic N) is 2. The van der Waals surface area contributed by atoms with E-state index in [1.807, 2.05) is 25.3 Å². The van der Waals surface area contributed by atoms with Gasteiger partial charge in [0.2, 0.25) is 0 Å². The number of rotatable bonds is 5. The van der Waals surface area contributed by atoms with E-state index in [1.54, 1.807) is 18.3 Å². The molecule has 4 nitrogen and oxygen atoms in total. The van der Waals surface area contributed by atoms with Crippen molar-refractivity contribution in [3.05, 3.63) is 59.7 Å². The van der Waals surface area contributed by atoms with Crippen LogP contribution in [0.25, 0.3) is 0 Å². The molecule has 1 aliphatic rings. The zero-order valence-corrected chi connectivity index (χ0v) is 14.6. The first-order chi connectivity index (χ1) is 11.3. The van der Waals surface area contributed by atoms with Gasteiger partial charge in [0.05, 0.1) is 6.61 Å². The Morgan fingerprint density at radius 2 is 2.25 bits per heavy atom. The van der Waals surface area contributed by atoms with Crippen molar-refractivity contribution < 1.29 is 9.13 Å². The lowest BCUT2D eigenvalue weighted by molar-refractivity contribution is 0.153. The summed E-state index contributed by atoms with van der Waals surface area (Å²) in [6.45, 7) is 5.78. The van der Waals surface area contributed by atoms with Gasteiger partial charge in [0, 0.05) is 44.6 Å². The van der Waals surface area contributed by atoms with Crippen molar-refractivity contribution in [2.24, 2.45) is 0 Å². The number of ether oxygens (including phenoxy) is 1. The van der Waals surface area contributed by atoms with Gasteiger partial charge in [-0.15, -0.1) is 12.4 Å². The molecule has 0 bridgehead atoms. The van der Waals surface area contributed by atoms with E-state index in [0.717, 1.165) is 25.2 Å². The Morgan fingerprint density at radius 3 is 2.96 bits per heavy atom. The molecule has 3 rings (SSSR count). The zero-order valence-electron chi connectivity index (χ0n) is 13.7. The van der Waals surface area contributed by atoms with Gasteiger partial charge in [-0.1, -0.05) is 12.1 Å². The van der Waals surface area contributed by atoms with Gasteiger partial charge in [-0.3, -0.25) is 9.88 Å².